The van der Waals surface area contributed by atoms with Crippen molar-refractivity contribution in [2.75, 3.05) is 7.11 Å². The molecule has 1 saturated heterocycles. The van der Waals surface area contributed by atoms with Crippen molar-refractivity contribution in [3.05, 3.63) is 35.9 Å². The molecule has 5 nitrogen and oxygen atoms in total. The molecule has 3 rings (SSSR count). The maximum Gasteiger partial charge on any atom is 0.217 e. The van der Waals surface area contributed by atoms with Crippen LogP contribution in [0.3, 0.4) is 0 Å². The highest BCUT2D eigenvalue weighted by molar-refractivity contribution is 5.73. The highest BCUT2D eigenvalue weighted by Crippen LogP contribution is 2.42. The van der Waals surface area contributed by atoms with Crippen LogP contribution in [0.1, 0.15) is 37.7 Å². The van der Waals surface area contributed by atoms with E-state index in [4.69, 9.17) is 9.47 Å². The fourth-order valence-electron chi connectivity index (χ4n) is 4.01. The van der Waals surface area contributed by atoms with E-state index >= 15 is 0 Å². The van der Waals surface area contributed by atoms with Crippen LogP contribution in [0.15, 0.2) is 30.3 Å². The van der Waals surface area contributed by atoms with Gasteiger partial charge in [-0.25, -0.2) is 0 Å². The number of hydrogen-bond donors (Lipinski definition) is 2. The van der Waals surface area contributed by atoms with Crippen molar-refractivity contribution < 1.29 is 19.4 Å². The van der Waals surface area contributed by atoms with Crippen molar-refractivity contribution in [2.24, 2.45) is 5.92 Å². The first-order valence-corrected chi connectivity index (χ1v) is 8.28. The van der Waals surface area contributed by atoms with Crippen LogP contribution in [0.4, 0.5) is 0 Å². The van der Waals surface area contributed by atoms with Gasteiger partial charge in [-0.3, -0.25) is 4.79 Å². The SMILES string of the molecule is CO[C@H]1O[C@H]2CC[C@@H](c3ccccc3)C[C@H]2[C@@H](O)[C@H]1NC(C)=O. The van der Waals surface area contributed by atoms with Crippen molar-refractivity contribution in [3.8, 4) is 0 Å². The summed E-state index contributed by atoms with van der Waals surface area (Å²) in [6.45, 7) is 1.44. The standard InChI is InChI=1S/C18H25NO4/c1-11(20)19-16-17(21)14-10-13(12-6-4-3-5-7-12)8-9-15(14)23-18(16)22-2/h3-7,13-18,21H,8-10H2,1-2H3,(H,19,20)/t13-,14-,15+,16-,17-,18+/m1/s1. The molecule has 0 bridgehead atoms. The molecule has 1 saturated carbocycles. The van der Waals surface area contributed by atoms with Crippen LogP contribution >= 0.6 is 0 Å². The summed E-state index contributed by atoms with van der Waals surface area (Å²) in [4.78, 5) is 11.4. The number of aliphatic hydroxyl groups is 1. The first-order chi connectivity index (χ1) is 11.1. The molecule has 1 aliphatic carbocycles. The molecule has 1 aromatic rings. The zero-order valence-corrected chi connectivity index (χ0v) is 13.6. The van der Waals surface area contributed by atoms with Gasteiger partial charge in [0.25, 0.3) is 0 Å². The summed E-state index contributed by atoms with van der Waals surface area (Å²) in [5.41, 5.74) is 1.31. The summed E-state index contributed by atoms with van der Waals surface area (Å²) in [6, 6.07) is 9.89. The Labute approximate surface area is 137 Å². The van der Waals surface area contributed by atoms with Crippen LogP contribution in [-0.4, -0.2) is 42.7 Å². The number of methoxy groups -OCH3 is 1. The number of carbonyl (C=O) groups is 1. The van der Waals surface area contributed by atoms with Crippen molar-refractivity contribution in [2.45, 2.75) is 56.6 Å². The Balaban J connectivity index is 1.76. The Morgan fingerprint density at radius 1 is 1.30 bits per heavy atom. The lowest BCUT2D eigenvalue weighted by molar-refractivity contribution is -0.250. The molecule has 1 aromatic carbocycles. The Morgan fingerprint density at radius 3 is 2.70 bits per heavy atom. The molecule has 2 N–H and O–H groups in total. The summed E-state index contributed by atoms with van der Waals surface area (Å²) >= 11 is 0. The summed E-state index contributed by atoms with van der Waals surface area (Å²) < 4.78 is 11.3. The monoisotopic (exact) mass is 319 g/mol. The molecule has 2 aliphatic rings. The highest BCUT2D eigenvalue weighted by Gasteiger charge is 2.48. The van der Waals surface area contributed by atoms with E-state index < -0.39 is 18.4 Å². The van der Waals surface area contributed by atoms with Crippen molar-refractivity contribution in [1.82, 2.24) is 5.32 Å². The second-order valence-electron chi connectivity index (χ2n) is 6.58. The summed E-state index contributed by atoms with van der Waals surface area (Å²) in [5, 5.41) is 13.6. The van der Waals surface area contributed by atoms with E-state index in [1.54, 1.807) is 7.11 Å². The Hall–Kier alpha value is -1.43. The smallest absolute Gasteiger partial charge is 0.217 e. The number of fused-ring (bicyclic) bond motifs is 1. The number of rotatable bonds is 3. The van der Waals surface area contributed by atoms with E-state index in [1.807, 2.05) is 6.07 Å². The fourth-order valence-corrected chi connectivity index (χ4v) is 4.01. The van der Waals surface area contributed by atoms with Gasteiger partial charge in [0.2, 0.25) is 5.91 Å². The quantitative estimate of drug-likeness (QED) is 0.891. The van der Waals surface area contributed by atoms with Crippen LogP contribution in [0.25, 0.3) is 0 Å². The van der Waals surface area contributed by atoms with Gasteiger partial charge < -0.3 is 19.9 Å². The van der Waals surface area contributed by atoms with Gasteiger partial charge in [-0.1, -0.05) is 30.3 Å². The molecule has 2 fully saturated rings. The second-order valence-corrected chi connectivity index (χ2v) is 6.58. The van der Waals surface area contributed by atoms with E-state index in [0.29, 0.717) is 5.92 Å². The minimum atomic E-state index is -0.658. The number of amides is 1. The molecule has 0 spiro atoms. The molecule has 126 valence electrons. The van der Waals surface area contributed by atoms with Crippen molar-refractivity contribution in [1.29, 1.82) is 0 Å². The lowest BCUT2D eigenvalue weighted by atomic mass is 9.71. The van der Waals surface area contributed by atoms with Gasteiger partial charge in [-0.15, -0.1) is 0 Å². The molecular weight excluding hydrogens is 294 g/mol. The molecule has 0 unspecified atom stereocenters. The van der Waals surface area contributed by atoms with Crippen molar-refractivity contribution >= 4 is 5.91 Å². The minimum absolute atomic E-state index is 0.0113. The predicted molar refractivity (Wildman–Crippen MR) is 85.8 cm³/mol. The molecule has 6 atom stereocenters. The number of hydrogen-bond acceptors (Lipinski definition) is 4. The van der Waals surface area contributed by atoms with E-state index in [1.165, 1.54) is 12.5 Å². The number of nitrogens with one attached hydrogen (secondary N) is 1. The third kappa shape index (κ3) is 3.42. The molecule has 5 heteroatoms. The maximum absolute atomic E-state index is 11.4. The van der Waals surface area contributed by atoms with Gasteiger partial charge >= 0.3 is 0 Å². The fraction of sp³-hybridized carbons (Fsp3) is 0.611. The zero-order valence-electron chi connectivity index (χ0n) is 13.6. The van der Waals surface area contributed by atoms with Gasteiger partial charge in [0.1, 0.15) is 6.04 Å². The lowest BCUT2D eigenvalue weighted by Gasteiger charge is -2.48. The summed E-state index contributed by atoms with van der Waals surface area (Å²) in [5.74, 6) is 0.249. The lowest BCUT2D eigenvalue weighted by Crippen LogP contribution is -2.62. The second kappa shape index (κ2) is 6.99. The molecule has 1 heterocycles. The van der Waals surface area contributed by atoms with Crippen LogP contribution in [-0.2, 0) is 14.3 Å². The number of ether oxygens (including phenoxy) is 2. The predicted octanol–water partition coefficient (Wildman–Crippen LogP) is 1.81. The third-order valence-corrected chi connectivity index (χ3v) is 5.12. The van der Waals surface area contributed by atoms with E-state index in [2.05, 4.69) is 29.6 Å². The number of benzene rings is 1. The van der Waals surface area contributed by atoms with Crippen molar-refractivity contribution in [3.63, 3.8) is 0 Å². The molecule has 1 amide bonds. The number of aliphatic hydroxyl groups excluding tert-OH is 1. The first kappa shape index (κ1) is 16.4. The van der Waals surface area contributed by atoms with Crippen LogP contribution in [0.2, 0.25) is 0 Å². The zero-order chi connectivity index (χ0) is 16.4. The maximum atomic E-state index is 11.4. The summed E-state index contributed by atoms with van der Waals surface area (Å²) in [6.07, 6.45) is 1.53. The van der Waals surface area contributed by atoms with Gasteiger partial charge in [0.15, 0.2) is 6.29 Å². The first-order valence-electron chi connectivity index (χ1n) is 8.28. The average Bonchev–Trinajstić information content (AvgIpc) is 2.57. The Morgan fingerprint density at radius 2 is 2.04 bits per heavy atom. The Bertz CT molecular complexity index is 535. The number of carbonyl (C=O) groups excluding carboxylic acids is 1. The van der Waals surface area contributed by atoms with E-state index in [0.717, 1.165) is 19.3 Å². The third-order valence-electron chi connectivity index (χ3n) is 5.12. The van der Waals surface area contributed by atoms with Crippen LogP contribution in [0.5, 0.6) is 0 Å². The van der Waals surface area contributed by atoms with Gasteiger partial charge in [0, 0.05) is 20.0 Å². The topological polar surface area (TPSA) is 67.8 Å². The van der Waals surface area contributed by atoms with Crippen LogP contribution in [0, 0.1) is 5.92 Å². The Kier molecular flexibility index (Phi) is 4.99. The van der Waals surface area contributed by atoms with Gasteiger partial charge in [-0.05, 0) is 30.7 Å². The van der Waals surface area contributed by atoms with Gasteiger partial charge in [-0.2, -0.15) is 0 Å². The largest absolute Gasteiger partial charge is 0.390 e. The van der Waals surface area contributed by atoms with Gasteiger partial charge in [0.05, 0.1) is 12.2 Å². The molecule has 0 radical (unpaired) electrons. The van der Waals surface area contributed by atoms with E-state index in [9.17, 15) is 9.90 Å². The van der Waals surface area contributed by atoms with E-state index in [-0.39, 0.29) is 17.9 Å². The average molecular weight is 319 g/mol. The molecule has 1 aliphatic heterocycles. The summed E-state index contributed by atoms with van der Waals surface area (Å²) in [7, 11) is 1.54. The normalized spacial score (nSPS) is 37.0. The molecular formula is C18H25NO4. The molecule has 0 aromatic heterocycles. The highest BCUT2D eigenvalue weighted by atomic mass is 16.7. The van der Waals surface area contributed by atoms with Crippen LogP contribution < -0.4 is 5.32 Å². The minimum Gasteiger partial charge on any atom is -0.390 e. The molecule has 23 heavy (non-hydrogen) atoms.